The molecule has 2 amide bonds. The molecule has 184 valence electrons. The lowest BCUT2D eigenvalue weighted by atomic mass is 10.1. The lowest BCUT2D eigenvalue weighted by Gasteiger charge is -2.36. The number of carbonyl (C=O) groups excluding carboxylic acids is 2. The molecule has 0 radical (unpaired) electrons. The molecule has 0 saturated carbocycles. The Hall–Kier alpha value is -3.16. The second-order valence-electron chi connectivity index (χ2n) is 9.26. The first-order valence-corrected chi connectivity index (χ1v) is 12.1. The Morgan fingerprint density at radius 2 is 1.79 bits per heavy atom. The van der Waals surface area contributed by atoms with Crippen molar-refractivity contribution in [1.29, 1.82) is 0 Å². The normalized spacial score (nSPS) is 14.8. The highest BCUT2D eigenvalue weighted by atomic mass is 16.5. The van der Waals surface area contributed by atoms with Crippen LogP contribution in [0, 0.1) is 11.8 Å². The Bertz CT molecular complexity index is 955. The Kier molecular flexibility index (Phi) is 8.85. The maximum Gasteiger partial charge on any atom is 0.242 e. The van der Waals surface area contributed by atoms with Gasteiger partial charge in [0.1, 0.15) is 5.75 Å². The zero-order valence-electron chi connectivity index (χ0n) is 21.0. The number of rotatable bonds is 9. The smallest absolute Gasteiger partial charge is 0.242 e. The molecule has 2 heterocycles. The minimum Gasteiger partial charge on any atom is -0.497 e. The largest absolute Gasteiger partial charge is 0.497 e. The fourth-order valence-electron chi connectivity index (χ4n) is 3.98. The van der Waals surface area contributed by atoms with Crippen LogP contribution in [0.15, 0.2) is 36.4 Å². The Balaban J connectivity index is 1.57. The summed E-state index contributed by atoms with van der Waals surface area (Å²) in [6.45, 7) is 11.3. The molecule has 1 aromatic heterocycles. The van der Waals surface area contributed by atoms with E-state index in [9.17, 15) is 9.59 Å². The molecule has 0 unspecified atom stereocenters. The summed E-state index contributed by atoms with van der Waals surface area (Å²) in [7, 11) is 1.64. The van der Waals surface area contributed by atoms with Gasteiger partial charge in [-0.1, -0.05) is 46.2 Å². The molecule has 1 atom stereocenters. The molecule has 8 heteroatoms. The third-order valence-electron chi connectivity index (χ3n) is 6.33. The Labute approximate surface area is 202 Å². The molecule has 1 aromatic carbocycles. The highest BCUT2D eigenvalue weighted by molar-refractivity contribution is 5.85. The molecule has 34 heavy (non-hydrogen) atoms. The maximum absolute atomic E-state index is 13.0. The molecule has 2 aromatic rings. The fraction of sp³-hybridized carbons (Fsp3) is 0.538. The molecule has 1 aliphatic rings. The van der Waals surface area contributed by atoms with Crippen LogP contribution in [0.4, 0.5) is 5.82 Å². The van der Waals surface area contributed by atoms with E-state index in [4.69, 9.17) is 4.74 Å². The molecule has 1 saturated heterocycles. The van der Waals surface area contributed by atoms with Crippen molar-refractivity contribution in [1.82, 2.24) is 20.0 Å². The van der Waals surface area contributed by atoms with Crippen LogP contribution in [-0.2, 0) is 9.59 Å². The number of carbonyl (C=O) groups is 2. The number of hydrogen-bond donors (Lipinski definition) is 0. The van der Waals surface area contributed by atoms with Gasteiger partial charge < -0.3 is 19.4 Å². The average Bonchev–Trinajstić information content (AvgIpc) is 2.87. The molecular weight excluding hydrogens is 430 g/mol. The van der Waals surface area contributed by atoms with Gasteiger partial charge in [0.2, 0.25) is 11.8 Å². The summed E-state index contributed by atoms with van der Waals surface area (Å²) >= 11 is 0. The number of hydrogen-bond acceptors (Lipinski definition) is 6. The predicted molar refractivity (Wildman–Crippen MR) is 134 cm³/mol. The van der Waals surface area contributed by atoms with E-state index < -0.39 is 0 Å². The van der Waals surface area contributed by atoms with E-state index in [-0.39, 0.29) is 24.3 Å². The van der Waals surface area contributed by atoms with Crippen molar-refractivity contribution in [3.8, 4) is 17.0 Å². The summed E-state index contributed by atoms with van der Waals surface area (Å²) in [6, 6.07) is 11.7. The Morgan fingerprint density at radius 1 is 1.06 bits per heavy atom. The second-order valence-corrected chi connectivity index (χ2v) is 9.26. The van der Waals surface area contributed by atoms with Crippen LogP contribution in [0.25, 0.3) is 11.3 Å². The van der Waals surface area contributed by atoms with Crippen LogP contribution in [0.2, 0.25) is 0 Å². The highest BCUT2D eigenvalue weighted by Gasteiger charge is 2.27. The van der Waals surface area contributed by atoms with Crippen molar-refractivity contribution in [2.45, 2.75) is 34.1 Å². The van der Waals surface area contributed by atoms with Crippen LogP contribution in [0.3, 0.4) is 0 Å². The number of ether oxygens (including phenoxy) is 1. The monoisotopic (exact) mass is 467 g/mol. The van der Waals surface area contributed by atoms with Gasteiger partial charge in [-0.15, -0.1) is 10.2 Å². The number of amides is 2. The van der Waals surface area contributed by atoms with Gasteiger partial charge in [-0.05, 0) is 30.2 Å². The Morgan fingerprint density at radius 3 is 2.38 bits per heavy atom. The fourth-order valence-corrected chi connectivity index (χ4v) is 3.98. The average molecular weight is 468 g/mol. The van der Waals surface area contributed by atoms with E-state index in [1.165, 1.54) is 0 Å². The van der Waals surface area contributed by atoms with Gasteiger partial charge in [0.05, 0.1) is 19.3 Å². The molecule has 0 bridgehead atoms. The van der Waals surface area contributed by atoms with E-state index in [0.717, 1.165) is 29.2 Å². The van der Waals surface area contributed by atoms with E-state index >= 15 is 0 Å². The van der Waals surface area contributed by atoms with Crippen LogP contribution < -0.4 is 9.64 Å². The van der Waals surface area contributed by atoms with Crippen LogP contribution in [-0.4, -0.2) is 78.2 Å². The third-order valence-corrected chi connectivity index (χ3v) is 6.33. The van der Waals surface area contributed by atoms with E-state index in [1.807, 2.05) is 55.1 Å². The zero-order chi connectivity index (χ0) is 24.7. The summed E-state index contributed by atoms with van der Waals surface area (Å²) in [5.41, 5.74) is 1.74. The number of aromatic nitrogens is 2. The van der Waals surface area contributed by atoms with Crippen molar-refractivity contribution >= 4 is 17.6 Å². The van der Waals surface area contributed by atoms with Gasteiger partial charge in [-0.25, -0.2) is 0 Å². The lowest BCUT2D eigenvalue weighted by Crippen LogP contribution is -2.52. The van der Waals surface area contributed by atoms with Crippen molar-refractivity contribution < 1.29 is 14.3 Å². The zero-order valence-corrected chi connectivity index (χ0v) is 21.0. The van der Waals surface area contributed by atoms with Crippen LogP contribution >= 0.6 is 0 Å². The topological polar surface area (TPSA) is 78.9 Å². The van der Waals surface area contributed by atoms with Crippen molar-refractivity contribution in [3.05, 3.63) is 36.4 Å². The number of piperazine rings is 1. The first-order chi connectivity index (χ1) is 16.3. The van der Waals surface area contributed by atoms with Crippen molar-refractivity contribution in [2.75, 3.05) is 51.3 Å². The molecule has 0 aliphatic carbocycles. The molecule has 0 spiro atoms. The minimum absolute atomic E-state index is 0.0106. The third kappa shape index (κ3) is 6.46. The van der Waals surface area contributed by atoms with Crippen molar-refractivity contribution in [2.24, 2.45) is 11.8 Å². The van der Waals surface area contributed by atoms with E-state index in [2.05, 4.69) is 28.9 Å². The number of anilines is 1. The van der Waals surface area contributed by atoms with Gasteiger partial charge in [0, 0.05) is 44.2 Å². The van der Waals surface area contributed by atoms with Crippen LogP contribution in [0.5, 0.6) is 5.75 Å². The first-order valence-electron chi connectivity index (χ1n) is 12.1. The van der Waals surface area contributed by atoms with Gasteiger partial charge >= 0.3 is 0 Å². The SMILES string of the molecule is CC[C@@H](C)CN(CC(=O)N1CCN(c2ccc(-c3cccc(OC)c3)nn2)CC1)C(=O)C(C)C. The molecule has 8 nitrogen and oxygen atoms in total. The minimum atomic E-state index is -0.118. The van der Waals surface area contributed by atoms with Gasteiger partial charge in [-0.3, -0.25) is 9.59 Å². The second kappa shape index (κ2) is 11.8. The molecular formula is C26H37N5O3. The quantitative estimate of drug-likeness (QED) is 0.563. The number of benzene rings is 1. The first kappa shape index (κ1) is 25.5. The van der Waals surface area contributed by atoms with Gasteiger partial charge in [0.25, 0.3) is 0 Å². The van der Waals surface area contributed by atoms with Crippen LogP contribution in [0.1, 0.15) is 34.1 Å². The summed E-state index contributed by atoms with van der Waals surface area (Å²) < 4.78 is 5.29. The molecule has 1 aliphatic heterocycles. The maximum atomic E-state index is 13.0. The van der Waals surface area contributed by atoms with E-state index in [0.29, 0.717) is 38.6 Å². The summed E-state index contributed by atoms with van der Waals surface area (Å²) in [6.07, 6.45) is 0.979. The molecule has 1 fully saturated rings. The van der Waals surface area contributed by atoms with Gasteiger partial charge in [-0.2, -0.15) is 0 Å². The molecule has 3 rings (SSSR count). The molecule has 0 N–H and O–H groups in total. The summed E-state index contributed by atoms with van der Waals surface area (Å²) in [5.74, 6) is 1.88. The van der Waals surface area contributed by atoms with Gasteiger partial charge in [0.15, 0.2) is 5.82 Å². The number of methoxy groups -OCH3 is 1. The standard InChI is InChI=1S/C26H37N5O3/c1-6-20(4)17-31(26(33)19(2)3)18-25(32)30-14-12-29(13-15-30)24-11-10-23(27-28-24)21-8-7-9-22(16-21)34-5/h7-11,16,19-20H,6,12-15,17-18H2,1-5H3/t20-/m1/s1. The highest BCUT2D eigenvalue weighted by Crippen LogP contribution is 2.23. The van der Waals surface area contributed by atoms with Crippen molar-refractivity contribution in [3.63, 3.8) is 0 Å². The lowest BCUT2D eigenvalue weighted by molar-refractivity contribution is -0.143. The number of nitrogens with zero attached hydrogens (tertiary/aromatic N) is 5. The predicted octanol–water partition coefficient (Wildman–Crippen LogP) is 3.33. The van der Waals surface area contributed by atoms with E-state index in [1.54, 1.807) is 12.0 Å². The summed E-state index contributed by atoms with van der Waals surface area (Å²) in [4.78, 5) is 31.3. The summed E-state index contributed by atoms with van der Waals surface area (Å²) in [5, 5.41) is 8.81.